The van der Waals surface area contributed by atoms with Crippen LogP contribution in [0.1, 0.15) is 27.6 Å². The predicted octanol–water partition coefficient (Wildman–Crippen LogP) is 6.55. The molecule has 0 spiro atoms. The summed E-state index contributed by atoms with van der Waals surface area (Å²) in [5, 5.41) is 3.93. The van der Waals surface area contributed by atoms with Gasteiger partial charge in [-0.1, -0.05) is 53.0 Å². The first-order valence-electron chi connectivity index (χ1n) is 8.66. The molecule has 0 saturated heterocycles. The summed E-state index contributed by atoms with van der Waals surface area (Å²) in [5.41, 5.74) is 1.26. The maximum Gasteiger partial charge on any atom is 0.257 e. The molecule has 7 heteroatoms. The van der Waals surface area contributed by atoms with Crippen LogP contribution >= 0.6 is 34.8 Å². The van der Waals surface area contributed by atoms with Crippen LogP contribution in [0.3, 0.4) is 0 Å². The van der Waals surface area contributed by atoms with Crippen molar-refractivity contribution in [3.63, 3.8) is 0 Å². The van der Waals surface area contributed by atoms with Gasteiger partial charge in [0.1, 0.15) is 5.75 Å². The molecule has 3 aromatic carbocycles. The van der Waals surface area contributed by atoms with Crippen LogP contribution in [0.4, 0.5) is 5.69 Å². The van der Waals surface area contributed by atoms with Gasteiger partial charge < -0.3 is 10.1 Å². The van der Waals surface area contributed by atoms with E-state index in [4.69, 9.17) is 39.5 Å². The lowest BCUT2D eigenvalue weighted by molar-refractivity contribution is 0.0818. The molecule has 0 aliphatic carbocycles. The van der Waals surface area contributed by atoms with Crippen molar-refractivity contribution in [1.29, 1.82) is 0 Å². The van der Waals surface area contributed by atoms with Crippen LogP contribution in [0.5, 0.6) is 5.75 Å². The highest BCUT2D eigenvalue weighted by molar-refractivity contribution is 6.37. The molecule has 4 nitrogen and oxygen atoms in total. The zero-order chi connectivity index (χ0) is 21.0. The van der Waals surface area contributed by atoms with Crippen molar-refractivity contribution < 1.29 is 14.3 Å². The molecule has 0 heterocycles. The van der Waals surface area contributed by atoms with Gasteiger partial charge in [-0.2, -0.15) is 0 Å². The third kappa shape index (κ3) is 5.51. The Kier molecular flexibility index (Phi) is 6.80. The van der Waals surface area contributed by atoms with Crippen molar-refractivity contribution in [3.05, 3.63) is 92.9 Å². The Hall–Kier alpha value is -2.53. The van der Waals surface area contributed by atoms with Crippen LogP contribution in [0, 0.1) is 0 Å². The Labute approximate surface area is 183 Å². The molecule has 0 saturated carbocycles. The fourth-order valence-corrected chi connectivity index (χ4v) is 3.34. The van der Waals surface area contributed by atoms with Crippen molar-refractivity contribution in [2.75, 3.05) is 5.32 Å². The second kappa shape index (κ2) is 9.31. The summed E-state index contributed by atoms with van der Waals surface area (Å²) in [6, 6.07) is 18.1. The number of benzene rings is 3. The topological polar surface area (TPSA) is 55.4 Å². The van der Waals surface area contributed by atoms with Crippen LogP contribution in [-0.4, -0.2) is 17.8 Å². The second-order valence-electron chi connectivity index (χ2n) is 6.24. The normalized spacial score (nSPS) is 11.6. The summed E-state index contributed by atoms with van der Waals surface area (Å²) in [5.74, 6) is -0.144. The van der Waals surface area contributed by atoms with Gasteiger partial charge in [0.15, 0.2) is 6.10 Å². The average molecular weight is 449 g/mol. The van der Waals surface area contributed by atoms with Gasteiger partial charge >= 0.3 is 0 Å². The fourth-order valence-electron chi connectivity index (χ4n) is 2.65. The molecule has 29 heavy (non-hydrogen) atoms. The highest BCUT2D eigenvalue weighted by Gasteiger charge is 2.18. The van der Waals surface area contributed by atoms with E-state index in [0.717, 1.165) is 0 Å². The van der Waals surface area contributed by atoms with Crippen molar-refractivity contribution in [3.8, 4) is 5.75 Å². The first-order valence-corrected chi connectivity index (χ1v) is 9.80. The molecular weight excluding hydrogens is 433 g/mol. The minimum atomic E-state index is -0.731. The van der Waals surface area contributed by atoms with Gasteiger partial charge in [-0.05, 0) is 49.4 Å². The summed E-state index contributed by atoms with van der Waals surface area (Å²) in [6.45, 7) is 1.65. The largest absolute Gasteiger partial charge is 0.482 e. The van der Waals surface area contributed by atoms with Gasteiger partial charge in [-0.3, -0.25) is 9.59 Å². The molecule has 0 aliphatic heterocycles. The lowest BCUT2D eigenvalue weighted by Crippen LogP contribution is -2.24. The Bertz CT molecular complexity index is 1070. The van der Waals surface area contributed by atoms with Crippen LogP contribution in [0.15, 0.2) is 66.7 Å². The third-order valence-corrected chi connectivity index (χ3v) is 4.84. The van der Waals surface area contributed by atoms with Crippen molar-refractivity contribution in [1.82, 2.24) is 0 Å². The number of hydrogen-bond acceptors (Lipinski definition) is 3. The summed E-state index contributed by atoms with van der Waals surface area (Å²) < 4.78 is 5.75. The number of carbonyl (C=O) groups excluding carboxylic acids is 2. The zero-order valence-corrected chi connectivity index (χ0v) is 17.6. The van der Waals surface area contributed by atoms with E-state index in [1.165, 1.54) is 6.07 Å². The number of ketones is 1. The van der Waals surface area contributed by atoms with Crippen LogP contribution in [0.25, 0.3) is 0 Å². The second-order valence-corrected chi connectivity index (χ2v) is 7.52. The molecule has 1 amide bonds. The first-order chi connectivity index (χ1) is 13.8. The van der Waals surface area contributed by atoms with Crippen LogP contribution < -0.4 is 10.1 Å². The number of Topliss-reactive ketones (excluding diaryl/α,β-unsaturated/α-hetero) is 1. The number of carbonyl (C=O) groups is 2. The molecule has 0 fully saturated rings. The zero-order valence-electron chi connectivity index (χ0n) is 15.3. The highest BCUT2D eigenvalue weighted by atomic mass is 35.5. The fraction of sp³-hybridized carbons (Fsp3) is 0.0909. The van der Waals surface area contributed by atoms with E-state index in [0.29, 0.717) is 32.6 Å². The minimum Gasteiger partial charge on any atom is -0.482 e. The van der Waals surface area contributed by atoms with E-state index < -0.39 is 6.10 Å². The number of hydrogen-bond donors (Lipinski definition) is 1. The Balaban J connectivity index is 1.70. The molecular formula is C22H16Cl3NO3. The quantitative estimate of drug-likeness (QED) is 0.435. The molecule has 1 atom stereocenters. The number of nitrogens with one attached hydrogen (secondary N) is 1. The molecule has 3 aromatic rings. The lowest BCUT2D eigenvalue weighted by Gasteiger charge is -2.15. The van der Waals surface area contributed by atoms with Gasteiger partial charge in [-0.15, -0.1) is 0 Å². The van der Waals surface area contributed by atoms with E-state index >= 15 is 0 Å². The molecule has 0 bridgehead atoms. The smallest absolute Gasteiger partial charge is 0.257 e. The van der Waals surface area contributed by atoms with Crippen molar-refractivity contribution in [2.24, 2.45) is 0 Å². The molecule has 1 N–H and O–H groups in total. The van der Waals surface area contributed by atoms with E-state index in [1.54, 1.807) is 67.6 Å². The van der Waals surface area contributed by atoms with Gasteiger partial charge in [-0.25, -0.2) is 0 Å². The van der Waals surface area contributed by atoms with Gasteiger partial charge in [0.05, 0.1) is 10.6 Å². The molecule has 0 radical (unpaired) electrons. The summed E-state index contributed by atoms with van der Waals surface area (Å²) in [7, 11) is 0. The molecule has 0 aromatic heterocycles. The van der Waals surface area contributed by atoms with Crippen molar-refractivity contribution >= 4 is 52.2 Å². The monoisotopic (exact) mass is 447 g/mol. The number of amides is 1. The van der Waals surface area contributed by atoms with Crippen LogP contribution in [-0.2, 0) is 0 Å². The number of rotatable bonds is 6. The lowest BCUT2D eigenvalue weighted by atomic mass is 10.1. The highest BCUT2D eigenvalue weighted by Crippen LogP contribution is 2.24. The molecule has 148 valence electrons. The van der Waals surface area contributed by atoms with Gasteiger partial charge in [0.2, 0.25) is 5.78 Å². The SMILES string of the molecule is CC(Oc1cccc(NC(=O)c2ccc(Cl)cc2Cl)c1)C(=O)c1cccc(Cl)c1. The summed E-state index contributed by atoms with van der Waals surface area (Å²) >= 11 is 17.9. The Morgan fingerprint density at radius 2 is 1.62 bits per heavy atom. The van der Waals surface area contributed by atoms with Crippen molar-refractivity contribution in [2.45, 2.75) is 13.0 Å². The van der Waals surface area contributed by atoms with Crippen LogP contribution in [0.2, 0.25) is 15.1 Å². The summed E-state index contributed by atoms with van der Waals surface area (Å²) in [4.78, 5) is 25.0. The van der Waals surface area contributed by atoms with E-state index in [9.17, 15) is 9.59 Å². The summed E-state index contributed by atoms with van der Waals surface area (Å²) in [6.07, 6.45) is -0.731. The minimum absolute atomic E-state index is 0.199. The predicted molar refractivity (Wildman–Crippen MR) is 117 cm³/mol. The first kappa shape index (κ1) is 21.2. The number of ether oxygens (including phenoxy) is 1. The van der Waals surface area contributed by atoms with E-state index in [1.807, 2.05) is 0 Å². The van der Waals surface area contributed by atoms with Gasteiger partial charge in [0, 0.05) is 27.4 Å². The average Bonchev–Trinajstić information content (AvgIpc) is 2.67. The Morgan fingerprint density at radius 3 is 2.34 bits per heavy atom. The standard InChI is InChI=1S/C22H16Cl3NO3/c1-13(21(27)14-4-2-5-15(23)10-14)29-18-7-3-6-17(12-18)26-22(28)19-9-8-16(24)11-20(19)25/h2-13H,1H3,(H,26,28). The molecule has 0 aliphatic rings. The van der Waals surface area contributed by atoms with E-state index in [2.05, 4.69) is 5.32 Å². The number of halogens is 3. The molecule has 3 rings (SSSR count). The maximum absolute atomic E-state index is 12.5. The molecule has 1 unspecified atom stereocenters. The Morgan fingerprint density at radius 1 is 0.897 bits per heavy atom. The number of anilines is 1. The van der Waals surface area contributed by atoms with Gasteiger partial charge in [0.25, 0.3) is 5.91 Å². The van der Waals surface area contributed by atoms with E-state index in [-0.39, 0.29) is 16.7 Å². The third-order valence-electron chi connectivity index (χ3n) is 4.06. The maximum atomic E-state index is 12.5.